The summed E-state index contributed by atoms with van der Waals surface area (Å²) in [6.07, 6.45) is -0.914. The lowest BCUT2D eigenvalue weighted by Gasteiger charge is -2.18. The minimum absolute atomic E-state index is 0.129. The third-order valence-electron chi connectivity index (χ3n) is 2.88. The predicted octanol–water partition coefficient (Wildman–Crippen LogP) is -0.467. The number of carbonyl (C=O) groups is 1. The molecule has 100 valence electrons. The van der Waals surface area contributed by atoms with Crippen LogP contribution in [0, 0.1) is 0 Å². The fourth-order valence-electron chi connectivity index (χ4n) is 1.98. The molecule has 8 heteroatoms. The van der Waals surface area contributed by atoms with Crippen molar-refractivity contribution >= 4 is 11.9 Å². The molecule has 0 spiro atoms. The Morgan fingerprint density at radius 2 is 2.39 bits per heavy atom. The lowest BCUT2D eigenvalue weighted by molar-refractivity contribution is -0.122. The van der Waals surface area contributed by atoms with Gasteiger partial charge in [0, 0.05) is 27.1 Å². The van der Waals surface area contributed by atoms with Crippen molar-refractivity contribution in [1.29, 1.82) is 0 Å². The Morgan fingerprint density at radius 3 is 2.94 bits per heavy atom. The molecule has 0 unspecified atom stereocenters. The maximum Gasteiger partial charge on any atom is 0.265 e. The summed E-state index contributed by atoms with van der Waals surface area (Å²) >= 11 is 0. The summed E-state index contributed by atoms with van der Waals surface area (Å²) < 4.78 is 18.3. The van der Waals surface area contributed by atoms with Gasteiger partial charge in [0.15, 0.2) is 0 Å². The zero-order valence-corrected chi connectivity index (χ0v) is 10.3. The Kier molecular flexibility index (Phi) is 3.46. The fraction of sp³-hybridized carbons (Fsp3) is 0.700. The van der Waals surface area contributed by atoms with Crippen LogP contribution in [0.4, 0.5) is 10.3 Å². The largest absolute Gasteiger partial charge is 0.368 e. The van der Waals surface area contributed by atoms with Gasteiger partial charge in [0.05, 0.1) is 12.6 Å². The molecule has 0 saturated carbocycles. The number of amides is 1. The van der Waals surface area contributed by atoms with Gasteiger partial charge in [-0.1, -0.05) is 0 Å². The van der Waals surface area contributed by atoms with Gasteiger partial charge in [-0.15, -0.1) is 0 Å². The molecular formula is C10H16FN5O2. The molecular weight excluding hydrogens is 241 g/mol. The first-order valence-corrected chi connectivity index (χ1v) is 5.64. The van der Waals surface area contributed by atoms with E-state index in [2.05, 4.69) is 10.1 Å². The zero-order chi connectivity index (χ0) is 13.3. The van der Waals surface area contributed by atoms with Gasteiger partial charge in [-0.2, -0.15) is 4.98 Å². The average Bonchev–Trinajstić information content (AvgIpc) is 2.86. The number of carbonyl (C=O) groups excluding carboxylic acids is 1. The fourth-order valence-corrected chi connectivity index (χ4v) is 1.98. The third-order valence-corrected chi connectivity index (χ3v) is 2.88. The number of aromatic nitrogens is 2. The maximum atomic E-state index is 13.3. The first-order chi connectivity index (χ1) is 8.47. The number of alkyl halides is 1. The van der Waals surface area contributed by atoms with Crippen molar-refractivity contribution in [2.75, 3.05) is 25.5 Å². The summed E-state index contributed by atoms with van der Waals surface area (Å²) in [5.41, 5.74) is 5.24. The number of rotatable bonds is 4. The van der Waals surface area contributed by atoms with Crippen LogP contribution in [-0.4, -0.2) is 53.8 Å². The van der Waals surface area contributed by atoms with E-state index in [9.17, 15) is 9.18 Å². The molecule has 2 heterocycles. The highest BCUT2D eigenvalue weighted by Crippen LogP contribution is 2.22. The summed E-state index contributed by atoms with van der Waals surface area (Å²) in [5.74, 6) is 0.262. The van der Waals surface area contributed by atoms with E-state index in [0.717, 1.165) is 0 Å². The molecule has 7 nitrogen and oxygen atoms in total. The summed E-state index contributed by atoms with van der Waals surface area (Å²) in [6.45, 7) is 0.391. The van der Waals surface area contributed by atoms with Crippen LogP contribution in [0.2, 0.25) is 0 Å². The highest BCUT2D eigenvalue weighted by Gasteiger charge is 2.36. The minimum Gasteiger partial charge on any atom is -0.368 e. The molecule has 18 heavy (non-hydrogen) atoms. The first-order valence-electron chi connectivity index (χ1n) is 5.64. The van der Waals surface area contributed by atoms with E-state index < -0.39 is 18.1 Å². The van der Waals surface area contributed by atoms with Crippen LogP contribution in [0.15, 0.2) is 4.52 Å². The average molecular weight is 257 g/mol. The van der Waals surface area contributed by atoms with Crippen molar-refractivity contribution < 1.29 is 13.7 Å². The third kappa shape index (κ3) is 2.58. The van der Waals surface area contributed by atoms with E-state index in [1.54, 1.807) is 23.9 Å². The van der Waals surface area contributed by atoms with Crippen LogP contribution in [0.5, 0.6) is 0 Å². The zero-order valence-electron chi connectivity index (χ0n) is 10.3. The Labute approximate surface area is 104 Å². The highest BCUT2D eigenvalue weighted by atomic mass is 19.1. The molecule has 0 aromatic carbocycles. The van der Waals surface area contributed by atoms with Crippen LogP contribution >= 0.6 is 0 Å². The van der Waals surface area contributed by atoms with Gasteiger partial charge in [-0.3, -0.25) is 9.69 Å². The number of likely N-dealkylation sites (tertiary alicyclic amines) is 1. The minimum atomic E-state index is -1.04. The second kappa shape index (κ2) is 4.89. The number of nitrogens with zero attached hydrogens (tertiary/aromatic N) is 4. The van der Waals surface area contributed by atoms with Crippen molar-refractivity contribution in [2.24, 2.45) is 5.73 Å². The molecule has 1 aromatic heterocycles. The summed E-state index contributed by atoms with van der Waals surface area (Å²) in [7, 11) is 3.57. The monoisotopic (exact) mass is 257 g/mol. The Bertz CT molecular complexity index is 436. The van der Waals surface area contributed by atoms with Crippen LogP contribution in [-0.2, 0) is 11.3 Å². The van der Waals surface area contributed by atoms with Crippen molar-refractivity contribution in [1.82, 2.24) is 15.0 Å². The normalized spacial score (nSPS) is 24.4. The van der Waals surface area contributed by atoms with E-state index in [-0.39, 0.29) is 19.5 Å². The van der Waals surface area contributed by atoms with Gasteiger partial charge < -0.3 is 15.2 Å². The van der Waals surface area contributed by atoms with E-state index in [0.29, 0.717) is 11.8 Å². The Hall–Kier alpha value is -1.70. The molecule has 1 aliphatic rings. The molecule has 1 saturated heterocycles. The lowest BCUT2D eigenvalue weighted by atomic mass is 10.2. The molecule has 1 aliphatic heterocycles. The molecule has 0 aliphatic carbocycles. The topological polar surface area (TPSA) is 88.5 Å². The van der Waals surface area contributed by atoms with Crippen molar-refractivity contribution in [2.45, 2.75) is 25.2 Å². The second-order valence-corrected chi connectivity index (χ2v) is 4.56. The molecule has 2 atom stereocenters. The number of halogens is 1. The molecule has 1 aromatic rings. The number of nitrogens with two attached hydrogens (primary N) is 1. The van der Waals surface area contributed by atoms with E-state index in [1.165, 1.54) is 0 Å². The quantitative estimate of drug-likeness (QED) is 0.784. The van der Waals surface area contributed by atoms with E-state index in [4.69, 9.17) is 10.3 Å². The lowest BCUT2D eigenvalue weighted by Crippen LogP contribution is -2.39. The maximum absolute atomic E-state index is 13.3. The van der Waals surface area contributed by atoms with Crippen molar-refractivity contribution in [3.63, 3.8) is 0 Å². The van der Waals surface area contributed by atoms with E-state index in [1.807, 2.05) is 0 Å². The van der Waals surface area contributed by atoms with Crippen LogP contribution in [0.25, 0.3) is 0 Å². The molecule has 0 radical (unpaired) electrons. The van der Waals surface area contributed by atoms with Gasteiger partial charge >= 0.3 is 0 Å². The van der Waals surface area contributed by atoms with Crippen LogP contribution < -0.4 is 10.6 Å². The Balaban J connectivity index is 2.05. The summed E-state index contributed by atoms with van der Waals surface area (Å²) in [5, 5.41) is 3.75. The molecule has 1 amide bonds. The van der Waals surface area contributed by atoms with Crippen molar-refractivity contribution in [3.05, 3.63) is 5.89 Å². The van der Waals surface area contributed by atoms with Gasteiger partial charge in [0.2, 0.25) is 11.8 Å². The molecule has 2 N–H and O–H groups in total. The second-order valence-electron chi connectivity index (χ2n) is 4.56. The van der Waals surface area contributed by atoms with Crippen LogP contribution in [0.3, 0.4) is 0 Å². The summed E-state index contributed by atoms with van der Waals surface area (Å²) in [4.78, 5) is 18.6. The van der Waals surface area contributed by atoms with Crippen LogP contribution in [0.1, 0.15) is 12.3 Å². The number of primary amides is 1. The highest BCUT2D eigenvalue weighted by molar-refractivity contribution is 5.80. The smallest absolute Gasteiger partial charge is 0.265 e. The first kappa shape index (κ1) is 12.7. The predicted molar refractivity (Wildman–Crippen MR) is 61.5 cm³/mol. The van der Waals surface area contributed by atoms with Gasteiger partial charge in [-0.05, 0) is 5.16 Å². The molecule has 0 bridgehead atoms. The number of hydrogen-bond acceptors (Lipinski definition) is 6. The SMILES string of the molecule is CN(C)c1noc(CN2C[C@H](F)C[C@H]2C(N)=O)n1. The van der Waals surface area contributed by atoms with Crippen molar-refractivity contribution in [3.8, 4) is 0 Å². The molecule has 2 rings (SSSR count). The standard InChI is InChI=1S/C10H16FN5O2/c1-15(2)10-13-8(18-14-10)5-16-4-6(11)3-7(16)9(12)17/h6-7H,3-5H2,1-2H3,(H2,12,17)/t6-,7+/m1/s1. The van der Waals surface area contributed by atoms with E-state index >= 15 is 0 Å². The molecule has 1 fully saturated rings. The van der Waals surface area contributed by atoms with Gasteiger partial charge in [0.25, 0.3) is 5.95 Å². The summed E-state index contributed by atoms with van der Waals surface area (Å²) in [6, 6.07) is -0.602. The van der Waals surface area contributed by atoms with Gasteiger partial charge in [-0.25, -0.2) is 4.39 Å². The number of anilines is 1. The van der Waals surface area contributed by atoms with Gasteiger partial charge in [0.1, 0.15) is 6.17 Å². The Morgan fingerprint density at radius 1 is 1.67 bits per heavy atom. The number of hydrogen-bond donors (Lipinski definition) is 1.